The molecule has 1 nitrogen and oxygen atoms in total. The summed E-state index contributed by atoms with van der Waals surface area (Å²) in [6.45, 7) is -3.85. The first-order valence-electron chi connectivity index (χ1n) is 2.43. The second-order valence-electron chi connectivity index (χ2n) is 0.600. The monoisotopic (exact) mass is 103 g/mol. The fourth-order valence-electron chi connectivity index (χ4n) is 0. The molecule has 0 amide bonds. The Morgan fingerprint density at radius 2 is 2.33 bits per heavy atom. The molecule has 0 rings (SSSR count). The third-order valence-electron chi connectivity index (χ3n) is 0.116. The molecule has 1 N–H and O–H groups in total. The molecule has 0 saturated heterocycles. The highest BCUT2D eigenvalue weighted by molar-refractivity contribution is 4.39. The van der Waals surface area contributed by atoms with Crippen molar-refractivity contribution in [2.24, 2.45) is 0 Å². The fraction of sp³-hybridized carbons (Fsp3) is 1.00. The predicted molar refractivity (Wildman–Crippen MR) is 13.1 cm³/mol. The van der Waals surface area contributed by atoms with Gasteiger partial charge in [-0.3, -0.25) is 0 Å². The summed E-state index contributed by atoms with van der Waals surface area (Å²) in [4.78, 5) is 0. The van der Waals surface area contributed by atoms with Crippen molar-refractivity contribution in [3.8, 4) is 0 Å². The van der Waals surface area contributed by atoms with Gasteiger partial charge in [0.25, 0.3) is 0 Å². The van der Waals surface area contributed by atoms with Crippen LogP contribution in [-0.2, 0) is 0 Å². The minimum atomic E-state index is -5.13. The Morgan fingerprint density at radius 1 is 1.83 bits per heavy atom. The summed E-state index contributed by atoms with van der Waals surface area (Å²) in [5, 5.41) is 2.76. The van der Waals surface area contributed by atoms with Gasteiger partial charge in [0.2, 0.25) is 1.43 Å². The fourth-order valence-corrected chi connectivity index (χ4v) is 0. The van der Waals surface area contributed by atoms with Crippen molar-refractivity contribution >= 4 is 0 Å². The lowest BCUT2D eigenvalue weighted by atomic mass is 10.7. The Hall–Kier alpha value is -0.250. The third kappa shape index (κ3) is 3.75. The van der Waals surface area contributed by atoms with Crippen LogP contribution in [0.1, 0.15) is 2.74 Å². The third-order valence-corrected chi connectivity index (χ3v) is 0.116. The van der Waals surface area contributed by atoms with Gasteiger partial charge in [-0.25, -0.2) is 0 Å². The molecule has 6 heavy (non-hydrogen) atoms. The molecule has 0 aromatic rings. The Morgan fingerprint density at radius 3 is 2.33 bits per heavy atom. The van der Waals surface area contributed by atoms with E-state index in [0.29, 0.717) is 0 Å². The highest BCUT2D eigenvalue weighted by atomic mass is 19.4. The van der Waals surface area contributed by atoms with Crippen molar-refractivity contribution in [1.82, 2.24) is 0 Å². The number of rotatable bonds is 1. The molecule has 0 aliphatic rings. The molecule has 0 aromatic heterocycles. The average Bonchev–Trinajstić information content (AvgIpc) is 1.64. The average molecular weight is 103 g/mol. The quantitative estimate of drug-likeness (QED) is 0.513. The van der Waals surface area contributed by atoms with Gasteiger partial charge >= 0.3 is 6.18 Å². The van der Waals surface area contributed by atoms with Crippen LogP contribution in [0.5, 0.6) is 0 Å². The smallest absolute Gasteiger partial charge is 0.387 e. The molecule has 0 unspecified atom stereocenters. The minimum Gasteiger partial charge on any atom is -0.387 e. The first-order valence-corrected chi connectivity index (χ1v) is 1.02. The molecule has 0 aliphatic heterocycles. The van der Waals surface area contributed by atoms with E-state index in [4.69, 9.17) is 4.17 Å². The van der Waals surface area contributed by atoms with Crippen molar-refractivity contribution in [1.29, 1.82) is 1.43 Å². The topological polar surface area (TPSA) is 20.2 Å². The molecule has 0 fully saturated rings. The number of hydrogen-bond donors (Lipinski definition) is 1. The van der Waals surface area contributed by atoms with Gasteiger partial charge in [0.15, 0.2) is 0 Å². The maximum absolute atomic E-state index is 11.2. The van der Waals surface area contributed by atoms with E-state index in [-0.39, 0.29) is 0 Å². The zero-order valence-corrected chi connectivity index (χ0v) is 2.54. The molecule has 38 valence electrons. The molecule has 0 aromatic carbocycles. The van der Waals surface area contributed by atoms with Gasteiger partial charge in [-0.05, 0) is 0 Å². The highest BCUT2D eigenvalue weighted by Gasteiger charge is 2.24. The lowest BCUT2D eigenvalue weighted by Gasteiger charge is -1.95. The summed E-state index contributed by atoms with van der Waals surface area (Å²) >= 11 is 0. The molecule has 0 spiro atoms. The summed E-state index contributed by atoms with van der Waals surface area (Å²) < 4.78 is 51.2. The normalized spacial score (nSPS) is 21.5. The van der Waals surface area contributed by atoms with Crippen LogP contribution >= 0.6 is 0 Å². The van der Waals surface area contributed by atoms with E-state index in [0.717, 1.165) is 0 Å². The van der Waals surface area contributed by atoms with Crippen molar-refractivity contribution in [2.75, 3.05) is 6.56 Å². The standard InChI is InChI=1S/C2H3F3O/c3-2(4,5)1-6/h6H,1H2/i1D2,6D. The number of halogens is 3. The molecular weight excluding hydrogens is 97.0 g/mol. The number of alkyl halides is 3. The van der Waals surface area contributed by atoms with Crippen molar-refractivity contribution in [3.05, 3.63) is 0 Å². The molecule has 0 bridgehead atoms. The zero-order valence-electron chi connectivity index (χ0n) is 5.54. The van der Waals surface area contributed by atoms with Crippen LogP contribution in [0.2, 0.25) is 0 Å². The van der Waals surface area contributed by atoms with Gasteiger partial charge in [-0.1, -0.05) is 0 Å². The van der Waals surface area contributed by atoms with Crippen molar-refractivity contribution in [3.63, 3.8) is 0 Å². The second-order valence-corrected chi connectivity index (χ2v) is 0.600. The highest BCUT2D eigenvalue weighted by Crippen LogP contribution is 2.11. The first-order chi connectivity index (χ1) is 3.81. The maximum atomic E-state index is 11.2. The van der Waals surface area contributed by atoms with Crippen LogP contribution < -0.4 is 0 Å². The number of hydrogen-bond acceptors (Lipinski definition) is 1. The Balaban J connectivity index is 4.14. The second kappa shape index (κ2) is 1.47. The molecule has 0 heterocycles. The van der Waals surface area contributed by atoms with Gasteiger partial charge in [-0.2, -0.15) is 13.2 Å². The van der Waals surface area contributed by atoms with Crippen LogP contribution in [0.15, 0.2) is 0 Å². The van der Waals surface area contributed by atoms with E-state index in [1.807, 2.05) is 0 Å². The van der Waals surface area contributed by atoms with E-state index >= 15 is 0 Å². The Labute approximate surface area is 36.7 Å². The van der Waals surface area contributed by atoms with Crippen LogP contribution in [0.4, 0.5) is 13.2 Å². The van der Waals surface area contributed by atoms with Crippen molar-refractivity contribution in [2.45, 2.75) is 6.18 Å². The molecule has 0 radical (unpaired) electrons. The predicted octanol–water partition coefficient (Wildman–Crippen LogP) is 0.541. The molecule has 4 heteroatoms. The molecule has 0 aliphatic carbocycles. The summed E-state index contributed by atoms with van der Waals surface area (Å²) in [7, 11) is 0. The Kier molecular flexibility index (Phi) is 0.528. The van der Waals surface area contributed by atoms with Crippen LogP contribution in [0.25, 0.3) is 0 Å². The van der Waals surface area contributed by atoms with Crippen molar-refractivity contribution < 1.29 is 21.0 Å². The van der Waals surface area contributed by atoms with E-state index < -0.39 is 12.7 Å². The van der Waals surface area contributed by atoms with E-state index in [2.05, 4.69) is 5.11 Å². The molecule has 0 saturated carbocycles. The van der Waals surface area contributed by atoms with E-state index in [1.54, 1.807) is 0 Å². The largest absolute Gasteiger partial charge is 0.411 e. The van der Waals surface area contributed by atoms with E-state index in [1.165, 1.54) is 0 Å². The SMILES string of the molecule is [2H]OC([2H])([2H])C(F)(F)F. The lowest BCUT2D eigenvalue weighted by Crippen LogP contribution is -2.12. The maximum Gasteiger partial charge on any atom is 0.411 e. The molecular formula is C2H3F3O. The van der Waals surface area contributed by atoms with Gasteiger partial charge in [0, 0.05) is 0 Å². The van der Waals surface area contributed by atoms with Gasteiger partial charge in [0.1, 0.15) is 6.56 Å². The summed E-state index contributed by atoms with van der Waals surface area (Å²) in [6.07, 6.45) is -5.13. The first kappa shape index (κ1) is 2.16. The molecule has 0 atom stereocenters. The van der Waals surface area contributed by atoms with Crippen LogP contribution in [0, 0.1) is 0 Å². The summed E-state index contributed by atoms with van der Waals surface area (Å²) in [5.74, 6) is 0. The summed E-state index contributed by atoms with van der Waals surface area (Å²) in [5.41, 5.74) is 0. The van der Waals surface area contributed by atoms with E-state index in [9.17, 15) is 13.2 Å². The zero-order chi connectivity index (χ0) is 7.71. The number of aliphatic hydroxyl groups is 1. The minimum absolute atomic E-state index is 2.76. The van der Waals surface area contributed by atoms with Gasteiger partial charge in [0.05, 0.1) is 2.74 Å². The lowest BCUT2D eigenvalue weighted by molar-refractivity contribution is -0.159. The van der Waals surface area contributed by atoms with Gasteiger partial charge in [-0.15, -0.1) is 0 Å². The van der Waals surface area contributed by atoms with Crippen LogP contribution in [0.3, 0.4) is 0 Å². The summed E-state index contributed by atoms with van der Waals surface area (Å²) in [6, 6.07) is 0. The van der Waals surface area contributed by atoms with Crippen LogP contribution in [-0.4, -0.2) is 19.3 Å². The Bertz CT molecular complexity index is 99.7. The van der Waals surface area contributed by atoms with Gasteiger partial charge < -0.3 is 5.11 Å².